The number of nitrogens with one attached hydrogen (secondary N) is 1. The summed E-state index contributed by atoms with van der Waals surface area (Å²) in [6.45, 7) is 3.01. The van der Waals surface area contributed by atoms with Crippen molar-refractivity contribution < 1.29 is 4.79 Å². The first-order valence-corrected chi connectivity index (χ1v) is 5.75. The largest absolute Gasteiger partial charge is 0.325 e. The third-order valence-electron chi connectivity index (χ3n) is 4.04. The Kier molecular flexibility index (Phi) is 1.89. The van der Waals surface area contributed by atoms with Crippen LogP contribution in [0, 0.1) is 0 Å². The number of carbonyl (C=O) groups excluding carboxylic acids is 1. The molecule has 1 saturated heterocycles. The van der Waals surface area contributed by atoms with Crippen LogP contribution < -0.4 is 5.32 Å². The Morgan fingerprint density at radius 2 is 2.19 bits per heavy atom. The van der Waals surface area contributed by atoms with Gasteiger partial charge in [-0.3, -0.25) is 4.79 Å². The van der Waals surface area contributed by atoms with Crippen LogP contribution in [0.25, 0.3) is 0 Å². The number of amides is 1. The number of rotatable bonds is 0. The lowest BCUT2D eigenvalue weighted by Crippen LogP contribution is -2.36. The highest BCUT2D eigenvalue weighted by Gasteiger charge is 2.52. The van der Waals surface area contributed by atoms with Crippen molar-refractivity contribution in [2.45, 2.75) is 24.8 Å². The number of likely N-dealkylation sites (N-methyl/N-ethyl adjacent to an activating group) is 1. The second kappa shape index (κ2) is 3.08. The van der Waals surface area contributed by atoms with Crippen molar-refractivity contribution in [3.8, 4) is 0 Å². The van der Waals surface area contributed by atoms with Gasteiger partial charge in [0.15, 0.2) is 0 Å². The lowest BCUT2D eigenvalue weighted by atomic mass is 9.80. The minimum absolute atomic E-state index is 0.171. The van der Waals surface area contributed by atoms with E-state index in [-0.39, 0.29) is 11.3 Å². The van der Waals surface area contributed by atoms with E-state index in [4.69, 9.17) is 0 Å². The highest BCUT2D eigenvalue weighted by atomic mass is 16.2. The fraction of sp³-hybridized carbons (Fsp3) is 0.462. The number of para-hydroxylation sites is 1. The molecule has 2 atom stereocenters. The molecule has 1 fully saturated rings. The molecule has 1 spiro atoms. The molecule has 16 heavy (non-hydrogen) atoms. The number of fused-ring (bicyclic) bond motifs is 2. The second-order valence-corrected chi connectivity index (χ2v) is 5.05. The maximum atomic E-state index is 12.2. The standard InChI is InChI=1S/C13H16N2O/c1-9-7-13(8-15(9)2)10-5-3-4-6-11(10)14-12(13)16/h3-6,9H,7-8H2,1-2H3,(H,14,16). The Bertz CT molecular complexity index is 445. The number of anilines is 1. The van der Waals surface area contributed by atoms with E-state index in [2.05, 4.69) is 30.3 Å². The van der Waals surface area contributed by atoms with E-state index in [1.54, 1.807) is 0 Å². The minimum Gasteiger partial charge on any atom is -0.325 e. The van der Waals surface area contributed by atoms with E-state index < -0.39 is 0 Å². The molecular formula is C13H16N2O. The summed E-state index contributed by atoms with van der Waals surface area (Å²) in [6, 6.07) is 8.53. The summed E-state index contributed by atoms with van der Waals surface area (Å²) in [6.07, 6.45) is 0.923. The van der Waals surface area contributed by atoms with Crippen LogP contribution in [0.4, 0.5) is 5.69 Å². The van der Waals surface area contributed by atoms with Crippen molar-refractivity contribution in [1.82, 2.24) is 4.90 Å². The molecule has 3 rings (SSSR count). The Morgan fingerprint density at radius 1 is 1.44 bits per heavy atom. The normalized spacial score (nSPS) is 33.1. The molecule has 2 aliphatic rings. The summed E-state index contributed by atoms with van der Waals surface area (Å²) in [7, 11) is 2.09. The first-order chi connectivity index (χ1) is 7.63. The van der Waals surface area contributed by atoms with Crippen LogP contribution in [0.15, 0.2) is 24.3 Å². The van der Waals surface area contributed by atoms with E-state index in [9.17, 15) is 4.79 Å². The summed E-state index contributed by atoms with van der Waals surface area (Å²) in [4.78, 5) is 14.5. The molecule has 0 saturated carbocycles. The van der Waals surface area contributed by atoms with Crippen LogP contribution in [-0.4, -0.2) is 30.4 Å². The number of benzene rings is 1. The molecule has 0 aliphatic carbocycles. The molecule has 0 aromatic heterocycles. The van der Waals surface area contributed by atoms with Crippen LogP contribution in [0.5, 0.6) is 0 Å². The zero-order valence-corrected chi connectivity index (χ0v) is 9.66. The van der Waals surface area contributed by atoms with E-state index in [1.165, 1.54) is 5.56 Å². The van der Waals surface area contributed by atoms with Gasteiger partial charge < -0.3 is 10.2 Å². The quantitative estimate of drug-likeness (QED) is 0.714. The zero-order valence-electron chi connectivity index (χ0n) is 9.66. The van der Waals surface area contributed by atoms with Crippen LogP contribution >= 0.6 is 0 Å². The average molecular weight is 216 g/mol. The zero-order chi connectivity index (χ0) is 11.3. The van der Waals surface area contributed by atoms with Gasteiger partial charge >= 0.3 is 0 Å². The van der Waals surface area contributed by atoms with Crippen molar-refractivity contribution in [3.05, 3.63) is 29.8 Å². The smallest absolute Gasteiger partial charge is 0.236 e. The van der Waals surface area contributed by atoms with E-state index in [0.29, 0.717) is 6.04 Å². The van der Waals surface area contributed by atoms with Gasteiger partial charge in [-0.1, -0.05) is 18.2 Å². The van der Waals surface area contributed by atoms with Crippen LogP contribution in [0.2, 0.25) is 0 Å². The Balaban J connectivity index is 2.12. The van der Waals surface area contributed by atoms with Crippen LogP contribution in [-0.2, 0) is 10.2 Å². The fourth-order valence-corrected chi connectivity index (χ4v) is 3.04. The highest BCUT2D eigenvalue weighted by Crippen LogP contribution is 2.45. The van der Waals surface area contributed by atoms with Gasteiger partial charge in [0, 0.05) is 18.3 Å². The fourth-order valence-electron chi connectivity index (χ4n) is 3.04. The van der Waals surface area contributed by atoms with E-state index in [1.807, 2.05) is 18.2 Å². The van der Waals surface area contributed by atoms with E-state index >= 15 is 0 Å². The lowest BCUT2D eigenvalue weighted by molar-refractivity contribution is -0.120. The van der Waals surface area contributed by atoms with Crippen molar-refractivity contribution in [3.63, 3.8) is 0 Å². The molecule has 84 valence electrons. The van der Waals surface area contributed by atoms with Crippen molar-refractivity contribution in [2.75, 3.05) is 18.9 Å². The molecule has 2 heterocycles. The van der Waals surface area contributed by atoms with E-state index in [0.717, 1.165) is 18.7 Å². The van der Waals surface area contributed by atoms with Gasteiger partial charge in [0.25, 0.3) is 0 Å². The molecular weight excluding hydrogens is 200 g/mol. The topological polar surface area (TPSA) is 32.3 Å². The highest BCUT2D eigenvalue weighted by molar-refractivity contribution is 6.06. The summed E-state index contributed by atoms with van der Waals surface area (Å²) in [5.41, 5.74) is 1.87. The Morgan fingerprint density at radius 3 is 2.88 bits per heavy atom. The summed E-state index contributed by atoms with van der Waals surface area (Å²) in [5.74, 6) is 0.171. The van der Waals surface area contributed by atoms with Gasteiger partial charge in [0.2, 0.25) is 5.91 Å². The number of carbonyl (C=O) groups is 1. The Hall–Kier alpha value is -1.35. The number of hydrogen-bond donors (Lipinski definition) is 1. The van der Waals surface area contributed by atoms with Crippen molar-refractivity contribution >= 4 is 11.6 Å². The molecule has 0 radical (unpaired) electrons. The van der Waals surface area contributed by atoms with Gasteiger partial charge in [-0.05, 0) is 32.0 Å². The van der Waals surface area contributed by atoms with Crippen LogP contribution in [0.3, 0.4) is 0 Å². The first kappa shape index (κ1) is 9.85. The van der Waals surface area contributed by atoms with Gasteiger partial charge in [-0.15, -0.1) is 0 Å². The molecule has 2 aliphatic heterocycles. The summed E-state index contributed by atoms with van der Waals surface area (Å²) in [5, 5.41) is 3.01. The third kappa shape index (κ3) is 1.09. The van der Waals surface area contributed by atoms with Gasteiger partial charge in [0.05, 0.1) is 5.41 Å². The minimum atomic E-state index is -0.301. The number of hydrogen-bond acceptors (Lipinski definition) is 2. The molecule has 1 N–H and O–H groups in total. The maximum Gasteiger partial charge on any atom is 0.236 e. The summed E-state index contributed by atoms with van der Waals surface area (Å²) < 4.78 is 0. The number of likely N-dealkylation sites (tertiary alicyclic amines) is 1. The second-order valence-electron chi connectivity index (χ2n) is 5.05. The van der Waals surface area contributed by atoms with Gasteiger partial charge in [-0.2, -0.15) is 0 Å². The molecule has 3 heteroatoms. The van der Waals surface area contributed by atoms with Crippen LogP contribution in [0.1, 0.15) is 18.9 Å². The third-order valence-corrected chi connectivity index (χ3v) is 4.04. The molecule has 1 aromatic carbocycles. The molecule has 1 aromatic rings. The maximum absolute atomic E-state index is 12.2. The molecule has 2 unspecified atom stereocenters. The average Bonchev–Trinajstić information content (AvgIpc) is 2.69. The molecule has 3 nitrogen and oxygen atoms in total. The first-order valence-electron chi connectivity index (χ1n) is 5.75. The SMILES string of the molecule is CC1CC2(CN1C)C(=O)Nc1ccccc12. The van der Waals surface area contributed by atoms with Gasteiger partial charge in [0.1, 0.15) is 0 Å². The molecule has 0 bridgehead atoms. The predicted molar refractivity (Wildman–Crippen MR) is 63.5 cm³/mol. The van der Waals surface area contributed by atoms with Crippen molar-refractivity contribution in [2.24, 2.45) is 0 Å². The number of nitrogens with zero attached hydrogens (tertiary/aromatic N) is 1. The summed E-state index contributed by atoms with van der Waals surface area (Å²) >= 11 is 0. The predicted octanol–water partition coefficient (Wildman–Crippen LogP) is 1.60. The van der Waals surface area contributed by atoms with Gasteiger partial charge in [-0.25, -0.2) is 0 Å². The Labute approximate surface area is 95.4 Å². The monoisotopic (exact) mass is 216 g/mol. The lowest BCUT2D eigenvalue weighted by Gasteiger charge is -2.20. The molecule has 1 amide bonds. The van der Waals surface area contributed by atoms with Crippen molar-refractivity contribution in [1.29, 1.82) is 0 Å².